The minimum absolute atomic E-state index is 0.233. The van der Waals surface area contributed by atoms with Crippen molar-refractivity contribution >= 4 is 6.29 Å². The Morgan fingerprint density at radius 3 is 2.67 bits per heavy atom. The lowest BCUT2D eigenvalue weighted by molar-refractivity contribution is -0.107. The van der Waals surface area contributed by atoms with Gasteiger partial charge < -0.3 is 4.79 Å². The maximum Gasteiger partial charge on any atom is 0.126 e. The van der Waals surface area contributed by atoms with Crippen molar-refractivity contribution in [3.8, 4) is 0 Å². The van der Waals surface area contributed by atoms with Gasteiger partial charge >= 0.3 is 0 Å². The summed E-state index contributed by atoms with van der Waals surface area (Å²) >= 11 is 0. The minimum Gasteiger partial charge on any atom is -0.303 e. The molecule has 0 unspecified atom stereocenters. The molecule has 0 aliphatic heterocycles. The molecule has 1 rings (SSSR count). The summed E-state index contributed by atoms with van der Waals surface area (Å²) in [6.07, 6.45) is 3.61. The second kappa shape index (κ2) is 4.65. The molecular formula is C10H10FO. The molecule has 0 heterocycles. The molecule has 2 heteroatoms. The lowest BCUT2D eigenvalue weighted by Gasteiger charge is -1.98. The van der Waals surface area contributed by atoms with Crippen molar-refractivity contribution < 1.29 is 9.18 Å². The van der Waals surface area contributed by atoms with Gasteiger partial charge in [-0.1, -0.05) is 18.2 Å². The number of carbonyl (C=O) groups excluding carboxylic acids is 1. The first-order valence-electron chi connectivity index (χ1n) is 3.86. The Labute approximate surface area is 71.2 Å². The van der Waals surface area contributed by atoms with Crippen molar-refractivity contribution in [2.45, 2.75) is 12.8 Å². The Morgan fingerprint density at radius 1 is 1.25 bits per heavy atom. The molecule has 0 fully saturated rings. The van der Waals surface area contributed by atoms with Gasteiger partial charge in [0.05, 0.1) is 0 Å². The Morgan fingerprint density at radius 2 is 2.00 bits per heavy atom. The zero-order valence-electron chi connectivity index (χ0n) is 6.66. The van der Waals surface area contributed by atoms with Crippen LogP contribution in [0.15, 0.2) is 24.3 Å². The van der Waals surface area contributed by atoms with Crippen LogP contribution in [0.1, 0.15) is 18.4 Å². The molecule has 0 aliphatic rings. The fraction of sp³-hybridized carbons (Fsp3) is 0.200. The first-order valence-corrected chi connectivity index (χ1v) is 3.86. The third-order valence-electron chi connectivity index (χ3n) is 1.55. The van der Waals surface area contributed by atoms with Gasteiger partial charge in [0.15, 0.2) is 0 Å². The van der Waals surface area contributed by atoms with Crippen molar-refractivity contribution in [3.05, 3.63) is 42.1 Å². The van der Waals surface area contributed by atoms with Crippen LogP contribution >= 0.6 is 0 Å². The van der Waals surface area contributed by atoms with Gasteiger partial charge in [-0.2, -0.15) is 0 Å². The maximum atomic E-state index is 12.9. The van der Waals surface area contributed by atoms with Gasteiger partial charge in [0.1, 0.15) is 12.1 Å². The number of halogens is 1. The van der Waals surface area contributed by atoms with Crippen LogP contribution in [0, 0.1) is 12.2 Å². The zero-order chi connectivity index (χ0) is 8.81. The monoisotopic (exact) mass is 165 g/mol. The number of aldehydes is 1. The van der Waals surface area contributed by atoms with Crippen LogP contribution in [0.25, 0.3) is 0 Å². The summed E-state index contributed by atoms with van der Waals surface area (Å²) in [7, 11) is 0. The van der Waals surface area contributed by atoms with Crippen LogP contribution < -0.4 is 0 Å². The summed E-state index contributed by atoms with van der Waals surface area (Å²) in [5.41, 5.74) is 0.569. The van der Waals surface area contributed by atoms with Crippen LogP contribution in [0.4, 0.5) is 4.39 Å². The maximum absolute atomic E-state index is 12.9. The molecule has 12 heavy (non-hydrogen) atoms. The molecule has 0 saturated carbocycles. The predicted octanol–water partition coefficient (Wildman–Crippen LogP) is 2.36. The normalized spacial score (nSPS) is 9.75. The largest absolute Gasteiger partial charge is 0.303 e. The molecular weight excluding hydrogens is 155 g/mol. The molecule has 1 aromatic rings. The number of unbranched alkanes of at least 4 members (excludes halogenated alkanes) is 1. The van der Waals surface area contributed by atoms with Gasteiger partial charge in [0.2, 0.25) is 0 Å². The quantitative estimate of drug-likeness (QED) is 0.494. The summed E-state index contributed by atoms with van der Waals surface area (Å²) < 4.78 is 12.9. The van der Waals surface area contributed by atoms with E-state index < -0.39 is 0 Å². The second-order valence-electron chi connectivity index (χ2n) is 2.47. The van der Waals surface area contributed by atoms with E-state index in [0.29, 0.717) is 18.4 Å². The highest BCUT2D eigenvalue weighted by molar-refractivity contribution is 5.49. The third-order valence-corrected chi connectivity index (χ3v) is 1.55. The molecule has 0 amide bonds. The predicted molar refractivity (Wildman–Crippen MR) is 45.1 cm³/mol. The Kier molecular flexibility index (Phi) is 3.45. The standard InChI is InChI=1S/C10H10FO/c11-10-7-2-1-5-9(10)6-3-4-8-12/h1-2,5-8H,3-4H2. The number of hydrogen-bond acceptors (Lipinski definition) is 1. The minimum atomic E-state index is -0.233. The Balaban J connectivity index is 2.51. The van der Waals surface area contributed by atoms with Crippen molar-refractivity contribution in [1.29, 1.82) is 0 Å². The van der Waals surface area contributed by atoms with Gasteiger partial charge in [-0.15, -0.1) is 0 Å². The lowest BCUT2D eigenvalue weighted by Crippen LogP contribution is -1.87. The second-order valence-corrected chi connectivity index (χ2v) is 2.47. The number of carbonyl (C=O) groups is 1. The average Bonchev–Trinajstić information content (AvgIpc) is 2.09. The highest BCUT2D eigenvalue weighted by atomic mass is 19.1. The van der Waals surface area contributed by atoms with E-state index in [1.807, 2.05) is 0 Å². The van der Waals surface area contributed by atoms with E-state index in [4.69, 9.17) is 0 Å². The van der Waals surface area contributed by atoms with Crippen molar-refractivity contribution in [1.82, 2.24) is 0 Å². The Bertz CT molecular complexity index is 258. The summed E-state index contributed by atoms with van der Waals surface area (Å²) in [6.45, 7) is 0. The molecule has 1 radical (unpaired) electrons. The van der Waals surface area contributed by atoms with Crippen molar-refractivity contribution in [3.63, 3.8) is 0 Å². The van der Waals surface area contributed by atoms with Crippen LogP contribution in [-0.2, 0) is 4.79 Å². The SMILES string of the molecule is O=CCC[CH]c1ccccc1F. The first-order chi connectivity index (χ1) is 5.84. The molecule has 1 aromatic carbocycles. The zero-order valence-corrected chi connectivity index (χ0v) is 6.66. The topological polar surface area (TPSA) is 17.1 Å². The summed E-state index contributed by atoms with van der Waals surface area (Å²) in [5, 5.41) is 0. The van der Waals surface area contributed by atoms with E-state index in [1.165, 1.54) is 6.07 Å². The van der Waals surface area contributed by atoms with E-state index in [1.54, 1.807) is 24.6 Å². The molecule has 63 valence electrons. The van der Waals surface area contributed by atoms with Crippen molar-refractivity contribution in [2.75, 3.05) is 0 Å². The molecule has 0 N–H and O–H groups in total. The highest BCUT2D eigenvalue weighted by Gasteiger charge is 1.99. The van der Waals surface area contributed by atoms with E-state index in [2.05, 4.69) is 0 Å². The fourth-order valence-corrected chi connectivity index (χ4v) is 0.948. The van der Waals surface area contributed by atoms with Gasteiger partial charge in [-0.25, -0.2) is 4.39 Å². The number of benzene rings is 1. The van der Waals surface area contributed by atoms with Gasteiger partial charge in [-0.05, 0) is 24.5 Å². The molecule has 0 spiro atoms. The third kappa shape index (κ3) is 2.46. The van der Waals surface area contributed by atoms with Gasteiger partial charge in [-0.3, -0.25) is 0 Å². The smallest absolute Gasteiger partial charge is 0.126 e. The van der Waals surface area contributed by atoms with Gasteiger partial charge in [0, 0.05) is 6.42 Å². The van der Waals surface area contributed by atoms with Crippen LogP contribution in [-0.4, -0.2) is 6.29 Å². The average molecular weight is 165 g/mol. The number of hydrogen-bond donors (Lipinski definition) is 0. The van der Waals surface area contributed by atoms with E-state index in [9.17, 15) is 9.18 Å². The summed E-state index contributed by atoms with van der Waals surface area (Å²) in [4.78, 5) is 9.97. The lowest BCUT2D eigenvalue weighted by atomic mass is 10.1. The van der Waals surface area contributed by atoms with Crippen molar-refractivity contribution in [2.24, 2.45) is 0 Å². The van der Waals surface area contributed by atoms with Crippen LogP contribution in [0.3, 0.4) is 0 Å². The Hall–Kier alpha value is -1.18. The molecule has 0 aliphatic carbocycles. The summed E-state index contributed by atoms with van der Waals surface area (Å²) in [5.74, 6) is -0.233. The molecule has 0 atom stereocenters. The van der Waals surface area contributed by atoms with Gasteiger partial charge in [0.25, 0.3) is 0 Å². The van der Waals surface area contributed by atoms with E-state index >= 15 is 0 Å². The van der Waals surface area contributed by atoms with Crippen LogP contribution in [0.2, 0.25) is 0 Å². The molecule has 0 saturated heterocycles. The number of rotatable bonds is 4. The highest BCUT2D eigenvalue weighted by Crippen LogP contribution is 2.11. The molecule has 1 nitrogen and oxygen atoms in total. The van der Waals surface area contributed by atoms with Crippen LogP contribution in [0.5, 0.6) is 0 Å². The molecule has 0 bridgehead atoms. The summed E-state index contributed by atoms with van der Waals surface area (Å²) in [6, 6.07) is 6.52. The fourth-order valence-electron chi connectivity index (χ4n) is 0.948. The molecule has 0 aromatic heterocycles. The van der Waals surface area contributed by atoms with E-state index in [-0.39, 0.29) is 5.82 Å². The first kappa shape index (κ1) is 8.91. The van der Waals surface area contributed by atoms with E-state index in [0.717, 1.165) is 6.29 Å².